The molecule has 0 saturated carbocycles. The normalized spacial score (nSPS) is 10.4. The molecule has 0 radical (unpaired) electrons. The second-order valence-electron chi connectivity index (χ2n) is 3.67. The lowest BCUT2D eigenvalue weighted by Crippen LogP contribution is -2.25. The van der Waals surface area contributed by atoms with Crippen LogP contribution in [0.1, 0.15) is 0 Å². The molecule has 1 heterocycles. The smallest absolute Gasteiger partial charge is 0.414 e. The number of carbonyl (C=O) groups excluding carboxylic acids is 1. The lowest BCUT2D eigenvalue weighted by molar-refractivity contribution is 0.172. The van der Waals surface area contributed by atoms with Crippen molar-refractivity contribution in [3.63, 3.8) is 0 Å². The molecule has 0 atom stereocenters. The van der Waals surface area contributed by atoms with Crippen LogP contribution in [0.2, 0.25) is 0 Å². The summed E-state index contributed by atoms with van der Waals surface area (Å²) in [6.07, 6.45) is -0.507. The fraction of sp³-hybridized carbons (Fsp3) is 0.273. The number of carbonyl (C=O) groups is 1. The molecule has 0 aliphatic carbocycles. The Morgan fingerprint density at radius 3 is 2.72 bits per heavy atom. The minimum absolute atomic E-state index is 0.301. The van der Waals surface area contributed by atoms with Gasteiger partial charge in [-0.15, -0.1) is 0 Å². The Morgan fingerprint density at radius 1 is 1.39 bits per heavy atom. The molecule has 0 saturated heterocycles. The maximum atomic E-state index is 11.4. The summed E-state index contributed by atoms with van der Waals surface area (Å²) < 4.78 is 15.8. The minimum atomic E-state index is -0.507. The van der Waals surface area contributed by atoms with E-state index < -0.39 is 11.0 Å². The van der Waals surface area contributed by atoms with Gasteiger partial charge >= 0.3 is 11.0 Å². The predicted molar refractivity (Wildman–Crippen MR) is 66.6 cm³/mol. The van der Waals surface area contributed by atoms with E-state index >= 15 is 0 Å². The molecule has 0 unspecified atom stereocenters. The second-order valence-corrected chi connectivity index (χ2v) is 4.65. The van der Waals surface area contributed by atoms with Crippen LogP contribution >= 0.6 is 11.3 Å². The molecule has 0 aliphatic heterocycles. The highest BCUT2D eigenvalue weighted by Gasteiger charge is 2.14. The Hall–Kier alpha value is -2.02. The third-order valence-corrected chi connectivity index (χ3v) is 2.94. The maximum Gasteiger partial charge on any atom is 0.414 e. The van der Waals surface area contributed by atoms with Gasteiger partial charge < -0.3 is 18.8 Å². The summed E-state index contributed by atoms with van der Waals surface area (Å²) in [5.74, 6) is 0.655. The van der Waals surface area contributed by atoms with Crippen LogP contribution in [-0.4, -0.2) is 32.2 Å². The largest absolute Gasteiger partial charge is 0.493 e. The lowest BCUT2D eigenvalue weighted by Gasteiger charge is -2.11. The summed E-state index contributed by atoms with van der Waals surface area (Å²) in [5.41, 5.74) is 0.358. The summed E-state index contributed by atoms with van der Waals surface area (Å²) >= 11 is 0.924. The molecule has 1 aromatic heterocycles. The predicted octanol–water partition coefficient (Wildman–Crippen LogP) is 1.92. The molecular formula is C11H11NO5S. The number of hydrogen-bond donors (Lipinski definition) is 0. The highest BCUT2D eigenvalue weighted by Crippen LogP contribution is 2.32. The van der Waals surface area contributed by atoms with E-state index in [1.54, 1.807) is 20.2 Å². The molecule has 7 heteroatoms. The van der Waals surface area contributed by atoms with Gasteiger partial charge in [0.05, 0.1) is 11.8 Å². The van der Waals surface area contributed by atoms with E-state index in [4.69, 9.17) is 13.9 Å². The van der Waals surface area contributed by atoms with Gasteiger partial charge in [-0.05, 0) is 0 Å². The quantitative estimate of drug-likeness (QED) is 0.833. The molecule has 0 N–H and O–H groups in total. The fourth-order valence-corrected chi connectivity index (χ4v) is 2.04. The Kier molecular flexibility index (Phi) is 3.24. The molecule has 2 aromatic rings. The summed E-state index contributed by atoms with van der Waals surface area (Å²) in [5, 5.41) is 0. The van der Waals surface area contributed by atoms with Crippen molar-refractivity contribution in [3.05, 3.63) is 21.9 Å². The van der Waals surface area contributed by atoms with Crippen LogP contribution in [0.15, 0.2) is 21.3 Å². The summed E-state index contributed by atoms with van der Waals surface area (Å²) in [4.78, 5) is 23.5. The van der Waals surface area contributed by atoms with Gasteiger partial charge in [0.15, 0.2) is 11.3 Å². The van der Waals surface area contributed by atoms with Crippen LogP contribution in [0.3, 0.4) is 0 Å². The molecule has 0 fully saturated rings. The number of hydrogen-bond acceptors (Lipinski definition) is 6. The number of nitrogens with zero attached hydrogens (tertiary/aromatic N) is 1. The zero-order valence-corrected chi connectivity index (χ0v) is 10.9. The van der Waals surface area contributed by atoms with E-state index in [9.17, 15) is 9.59 Å². The Bertz CT molecular complexity index is 642. The van der Waals surface area contributed by atoms with Crippen molar-refractivity contribution in [1.29, 1.82) is 0 Å². The van der Waals surface area contributed by atoms with Gasteiger partial charge in [-0.25, -0.2) is 9.59 Å². The monoisotopic (exact) mass is 269 g/mol. The summed E-state index contributed by atoms with van der Waals surface area (Å²) in [7, 11) is 4.60. The number of benzene rings is 1. The Morgan fingerprint density at radius 2 is 2.11 bits per heavy atom. The molecule has 0 aliphatic rings. The fourth-order valence-electron chi connectivity index (χ4n) is 1.33. The van der Waals surface area contributed by atoms with E-state index in [1.165, 1.54) is 18.1 Å². The van der Waals surface area contributed by atoms with Gasteiger partial charge in [-0.1, -0.05) is 11.3 Å². The molecule has 1 aromatic carbocycles. The molecule has 0 spiro atoms. The third kappa shape index (κ3) is 2.30. The van der Waals surface area contributed by atoms with Gasteiger partial charge in [0, 0.05) is 26.2 Å². The maximum absolute atomic E-state index is 11.4. The number of ether oxygens (including phenoxy) is 2. The van der Waals surface area contributed by atoms with Gasteiger partial charge in [-0.2, -0.15) is 0 Å². The van der Waals surface area contributed by atoms with E-state index in [0.717, 1.165) is 11.3 Å². The van der Waals surface area contributed by atoms with E-state index in [-0.39, 0.29) is 0 Å². The van der Waals surface area contributed by atoms with Gasteiger partial charge in [0.25, 0.3) is 0 Å². The molecule has 0 bridgehead atoms. The van der Waals surface area contributed by atoms with Crippen LogP contribution in [0.25, 0.3) is 10.3 Å². The van der Waals surface area contributed by atoms with Crippen molar-refractivity contribution < 1.29 is 18.7 Å². The average Bonchev–Trinajstić information content (AvgIpc) is 2.68. The molecule has 18 heavy (non-hydrogen) atoms. The van der Waals surface area contributed by atoms with Crippen LogP contribution in [0, 0.1) is 0 Å². The Balaban J connectivity index is 2.46. The summed E-state index contributed by atoms with van der Waals surface area (Å²) in [6.45, 7) is 0. The highest BCUT2D eigenvalue weighted by atomic mass is 32.1. The van der Waals surface area contributed by atoms with Crippen LogP contribution < -0.4 is 14.4 Å². The first kappa shape index (κ1) is 12.4. The number of rotatable bonds is 2. The minimum Gasteiger partial charge on any atom is -0.493 e. The topological polar surface area (TPSA) is 69.0 Å². The Labute approximate surface area is 106 Å². The van der Waals surface area contributed by atoms with Gasteiger partial charge in [0.2, 0.25) is 0 Å². The van der Waals surface area contributed by atoms with Crippen LogP contribution in [0.4, 0.5) is 4.79 Å². The zero-order chi connectivity index (χ0) is 13.3. The molecule has 2 rings (SSSR count). The van der Waals surface area contributed by atoms with Crippen LogP contribution in [0.5, 0.6) is 11.5 Å². The first-order valence-electron chi connectivity index (χ1n) is 5.02. The van der Waals surface area contributed by atoms with E-state index in [2.05, 4.69) is 0 Å². The van der Waals surface area contributed by atoms with Crippen molar-refractivity contribution in [3.8, 4) is 11.5 Å². The van der Waals surface area contributed by atoms with Crippen molar-refractivity contribution in [2.45, 2.75) is 0 Å². The molecule has 1 amide bonds. The summed E-state index contributed by atoms with van der Waals surface area (Å²) in [6, 6.07) is 3.06. The zero-order valence-electron chi connectivity index (χ0n) is 10.1. The highest BCUT2D eigenvalue weighted by molar-refractivity contribution is 7.16. The van der Waals surface area contributed by atoms with Gasteiger partial charge in [0.1, 0.15) is 5.75 Å². The van der Waals surface area contributed by atoms with Crippen molar-refractivity contribution in [2.24, 2.45) is 0 Å². The molecule has 6 nitrogen and oxygen atoms in total. The number of fused-ring (bicyclic) bond motifs is 1. The standard InChI is InChI=1S/C11H11NO5S/c1-12(2)10(13)16-6-4-7(15-3)9-8(5-6)18-11(14)17-9/h4-5H,1-3H3. The number of amides is 1. The lowest BCUT2D eigenvalue weighted by atomic mass is 10.3. The second kappa shape index (κ2) is 4.69. The first-order valence-corrected chi connectivity index (χ1v) is 5.83. The van der Waals surface area contributed by atoms with E-state index in [1.807, 2.05) is 0 Å². The number of methoxy groups -OCH3 is 1. The first-order chi connectivity index (χ1) is 8.51. The SMILES string of the molecule is COc1cc(OC(=O)N(C)C)cc2sc(=O)oc12. The van der Waals surface area contributed by atoms with Crippen molar-refractivity contribution >= 4 is 27.7 Å². The van der Waals surface area contributed by atoms with Gasteiger partial charge in [-0.3, -0.25) is 0 Å². The molecular weight excluding hydrogens is 258 g/mol. The molecule has 96 valence electrons. The van der Waals surface area contributed by atoms with Crippen molar-refractivity contribution in [1.82, 2.24) is 4.90 Å². The van der Waals surface area contributed by atoms with Crippen molar-refractivity contribution in [2.75, 3.05) is 21.2 Å². The van der Waals surface area contributed by atoms with Crippen LogP contribution in [-0.2, 0) is 0 Å². The third-order valence-electron chi connectivity index (χ3n) is 2.16. The van der Waals surface area contributed by atoms with E-state index in [0.29, 0.717) is 21.8 Å². The average molecular weight is 269 g/mol.